The summed E-state index contributed by atoms with van der Waals surface area (Å²) in [4.78, 5) is 25.3. The van der Waals surface area contributed by atoms with Gasteiger partial charge in [0.15, 0.2) is 6.29 Å². The molecule has 16 heavy (non-hydrogen) atoms. The zero-order valence-corrected chi connectivity index (χ0v) is 10.3. The normalized spacial score (nSPS) is 11.3. The minimum absolute atomic E-state index is 0.356. The van der Waals surface area contributed by atoms with Gasteiger partial charge in [-0.05, 0) is 45.7 Å². The first-order valence-corrected chi connectivity index (χ1v) is 5.14. The van der Waals surface area contributed by atoms with Crippen molar-refractivity contribution in [1.82, 2.24) is 4.98 Å². The molecule has 4 heteroatoms. The van der Waals surface area contributed by atoms with Gasteiger partial charge in [0.25, 0.3) is 0 Å². The predicted molar refractivity (Wildman–Crippen MR) is 60.8 cm³/mol. The van der Waals surface area contributed by atoms with Gasteiger partial charge in [-0.15, -0.1) is 0 Å². The molecule has 1 N–H and O–H groups in total. The first-order chi connectivity index (χ1) is 7.26. The zero-order valence-electron chi connectivity index (χ0n) is 10.3. The summed E-state index contributed by atoms with van der Waals surface area (Å²) in [5, 5.41) is 0. The molecule has 1 rings (SSSR count). The molecule has 0 atom stereocenters. The van der Waals surface area contributed by atoms with Crippen LogP contribution in [0.15, 0.2) is 0 Å². The van der Waals surface area contributed by atoms with Crippen LogP contribution in [0.4, 0.5) is 0 Å². The lowest BCUT2D eigenvalue weighted by Gasteiger charge is -2.19. The number of hydrogen-bond donors (Lipinski definition) is 1. The minimum atomic E-state index is -0.538. The van der Waals surface area contributed by atoms with E-state index < -0.39 is 11.6 Å². The summed E-state index contributed by atoms with van der Waals surface area (Å²) in [7, 11) is 0. The second-order valence-corrected chi connectivity index (χ2v) is 4.78. The smallest absolute Gasteiger partial charge is 0.355 e. The van der Waals surface area contributed by atoms with Crippen LogP contribution in [0.1, 0.15) is 52.9 Å². The third-order valence-electron chi connectivity index (χ3n) is 2.32. The number of aromatic amines is 1. The Morgan fingerprint density at radius 3 is 2.19 bits per heavy atom. The molecule has 0 aliphatic carbocycles. The van der Waals surface area contributed by atoms with Crippen LogP contribution in [0.25, 0.3) is 0 Å². The summed E-state index contributed by atoms with van der Waals surface area (Å²) < 4.78 is 5.23. The molecular formula is C12H17NO3. The molecule has 0 amide bonds. The number of nitrogens with one attached hydrogen (secondary N) is 1. The second kappa shape index (κ2) is 4.12. The number of hydrogen-bond acceptors (Lipinski definition) is 3. The first kappa shape index (κ1) is 12.5. The van der Waals surface area contributed by atoms with Gasteiger partial charge in [0.2, 0.25) is 0 Å². The topological polar surface area (TPSA) is 59.2 Å². The van der Waals surface area contributed by atoms with E-state index in [1.807, 2.05) is 0 Å². The molecule has 0 unspecified atom stereocenters. The Morgan fingerprint density at radius 1 is 1.25 bits per heavy atom. The Labute approximate surface area is 95.0 Å². The summed E-state index contributed by atoms with van der Waals surface area (Å²) in [6.45, 7) is 8.99. The lowest BCUT2D eigenvalue weighted by molar-refractivity contribution is 0.00627. The molecule has 0 bridgehead atoms. The number of carbonyl (C=O) groups is 2. The second-order valence-electron chi connectivity index (χ2n) is 4.78. The average molecular weight is 223 g/mol. The molecule has 0 saturated heterocycles. The van der Waals surface area contributed by atoms with E-state index in [1.54, 1.807) is 34.6 Å². The van der Waals surface area contributed by atoms with Crippen LogP contribution in [0, 0.1) is 13.8 Å². The van der Waals surface area contributed by atoms with E-state index in [9.17, 15) is 9.59 Å². The van der Waals surface area contributed by atoms with Crippen molar-refractivity contribution < 1.29 is 14.3 Å². The largest absolute Gasteiger partial charge is 0.455 e. The standard InChI is InChI=1S/C12H17NO3/c1-7-8(2)10(13-9(7)6-14)11(15)16-12(3,4)5/h6,13H,1-5H3. The average Bonchev–Trinajstić information content (AvgIpc) is 2.41. The van der Waals surface area contributed by atoms with Gasteiger partial charge in [0.1, 0.15) is 11.3 Å². The highest BCUT2D eigenvalue weighted by atomic mass is 16.6. The summed E-state index contributed by atoms with van der Waals surface area (Å²) >= 11 is 0. The van der Waals surface area contributed by atoms with E-state index in [4.69, 9.17) is 4.74 Å². The lowest BCUT2D eigenvalue weighted by Crippen LogP contribution is -2.24. The van der Waals surface area contributed by atoms with Gasteiger partial charge in [0, 0.05) is 0 Å². The number of H-pyrrole nitrogens is 1. The number of aldehydes is 1. The van der Waals surface area contributed by atoms with Crippen molar-refractivity contribution in [2.24, 2.45) is 0 Å². The zero-order chi connectivity index (χ0) is 12.5. The third-order valence-corrected chi connectivity index (χ3v) is 2.32. The highest BCUT2D eigenvalue weighted by Gasteiger charge is 2.22. The van der Waals surface area contributed by atoms with Crippen molar-refractivity contribution in [3.8, 4) is 0 Å². The molecule has 0 aliphatic heterocycles. The van der Waals surface area contributed by atoms with Crippen LogP contribution in [0.5, 0.6) is 0 Å². The van der Waals surface area contributed by atoms with Crippen molar-refractivity contribution in [3.05, 3.63) is 22.5 Å². The van der Waals surface area contributed by atoms with E-state index in [0.29, 0.717) is 17.7 Å². The van der Waals surface area contributed by atoms with E-state index in [2.05, 4.69) is 4.98 Å². The van der Waals surface area contributed by atoms with E-state index in [1.165, 1.54) is 0 Å². The number of ether oxygens (including phenoxy) is 1. The van der Waals surface area contributed by atoms with Crippen LogP contribution >= 0.6 is 0 Å². The molecule has 0 saturated carbocycles. The molecule has 1 aromatic rings. The van der Waals surface area contributed by atoms with Crippen LogP contribution < -0.4 is 0 Å². The molecule has 0 radical (unpaired) electrons. The Bertz CT molecular complexity index is 424. The Kier molecular flexibility index (Phi) is 3.21. The molecule has 0 aliphatic rings. The lowest BCUT2D eigenvalue weighted by atomic mass is 10.1. The Hall–Kier alpha value is -1.58. The maximum absolute atomic E-state index is 11.8. The van der Waals surface area contributed by atoms with Crippen molar-refractivity contribution in [2.75, 3.05) is 0 Å². The number of carbonyl (C=O) groups excluding carboxylic acids is 2. The molecule has 0 fully saturated rings. The number of rotatable bonds is 2. The van der Waals surface area contributed by atoms with Crippen molar-refractivity contribution in [3.63, 3.8) is 0 Å². The first-order valence-electron chi connectivity index (χ1n) is 5.14. The van der Waals surface area contributed by atoms with Gasteiger partial charge in [-0.1, -0.05) is 0 Å². The molecule has 1 aromatic heterocycles. The Morgan fingerprint density at radius 2 is 1.81 bits per heavy atom. The fraction of sp³-hybridized carbons (Fsp3) is 0.500. The van der Waals surface area contributed by atoms with Crippen LogP contribution in [-0.4, -0.2) is 22.8 Å². The predicted octanol–water partition coefficient (Wildman–Crippen LogP) is 2.40. The van der Waals surface area contributed by atoms with Crippen LogP contribution in [0.2, 0.25) is 0 Å². The summed E-state index contributed by atoms with van der Waals surface area (Å²) in [5.41, 5.74) is 1.80. The van der Waals surface area contributed by atoms with Gasteiger partial charge in [-0.25, -0.2) is 4.79 Å². The summed E-state index contributed by atoms with van der Waals surface area (Å²) in [5.74, 6) is -0.429. The quantitative estimate of drug-likeness (QED) is 0.618. The van der Waals surface area contributed by atoms with Crippen molar-refractivity contribution in [1.29, 1.82) is 0 Å². The van der Waals surface area contributed by atoms with Gasteiger partial charge in [-0.3, -0.25) is 4.79 Å². The molecule has 1 heterocycles. The van der Waals surface area contributed by atoms with E-state index in [0.717, 1.165) is 11.1 Å². The monoisotopic (exact) mass is 223 g/mol. The molecule has 4 nitrogen and oxygen atoms in total. The fourth-order valence-corrected chi connectivity index (χ4v) is 1.36. The SMILES string of the molecule is Cc1c(C=O)[nH]c(C(=O)OC(C)(C)C)c1C. The van der Waals surface area contributed by atoms with E-state index in [-0.39, 0.29) is 0 Å². The van der Waals surface area contributed by atoms with Crippen molar-refractivity contribution >= 4 is 12.3 Å². The molecular weight excluding hydrogens is 206 g/mol. The minimum Gasteiger partial charge on any atom is -0.455 e. The maximum atomic E-state index is 11.8. The molecule has 88 valence electrons. The van der Waals surface area contributed by atoms with Gasteiger partial charge in [0.05, 0.1) is 5.69 Å². The van der Waals surface area contributed by atoms with E-state index >= 15 is 0 Å². The molecule has 0 spiro atoms. The highest BCUT2D eigenvalue weighted by Crippen LogP contribution is 2.19. The molecule has 0 aromatic carbocycles. The fourth-order valence-electron chi connectivity index (χ4n) is 1.36. The summed E-state index contributed by atoms with van der Waals surface area (Å²) in [6.07, 6.45) is 0.705. The van der Waals surface area contributed by atoms with Crippen LogP contribution in [0.3, 0.4) is 0 Å². The van der Waals surface area contributed by atoms with Crippen molar-refractivity contribution in [2.45, 2.75) is 40.2 Å². The van der Waals surface area contributed by atoms with Gasteiger partial charge >= 0.3 is 5.97 Å². The Balaban J connectivity index is 3.05. The van der Waals surface area contributed by atoms with Crippen LogP contribution in [-0.2, 0) is 4.74 Å². The van der Waals surface area contributed by atoms with Gasteiger partial charge in [-0.2, -0.15) is 0 Å². The van der Waals surface area contributed by atoms with Gasteiger partial charge < -0.3 is 9.72 Å². The summed E-state index contributed by atoms with van der Waals surface area (Å²) in [6, 6.07) is 0. The maximum Gasteiger partial charge on any atom is 0.355 e. The third kappa shape index (κ3) is 2.51. The number of aromatic nitrogens is 1. The highest BCUT2D eigenvalue weighted by molar-refractivity contribution is 5.92. The number of esters is 1.